The van der Waals surface area contributed by atoms with Crippen LogP contribution in [0, 0.1) is 0 Å². The highest BCUT2D eigenvalue weighted by atomic mass is 32.2. The Labute approximate surface area is 60.2 Å². The summed E-state index contributed by atoms with van der Waals surface area (Å²) in [7, 11) is -2.80. The molecular weight excluding hydrogens is 150 g/mol. The Hall–Kier alpha value is -0.510. The van der Waals surface area contributed by atoms with Gasteiger partial charge in [-0.2, -0.15) is 0 Å². The Morgan fingerprint density at radius 1 is 1.40 bits per heavy atom. The summed E-state index contributed by atoms with van der Waals surface area (Å²) in [5.74, 6) is 0.318. The third-order valence-electron chi connectivity index (χ3n) is 1.81. The van der Waals surface area contributed by atoms with Gasteiger partial charge in [0.2, 0.25) is 0 Å². The fourth-order valence-corrected chi connectivity index (χ4v) is 2.43. The average molecular weight is 159 g/mol. The maximum atomic E-state index is 10.9. The molecule has 0 unspecified atom stereocenters. The molecule has 1 fully saturated rings. The standard InChI is InChI=1S/C6H9NO2S/c8-10(9)4-1-6(5-10)7-2-3-7/h5H,1-4H2. The van der Waals surface area contributed by atoms with Gasteiger partial charge in [0, 0.05) is 30.6 Å². The van der Waals surface area contributed by atoms with E-state index < -0.39 is 9.84 Å². The van der Waals surface area contributed by atoms with E-state index in [2.05, 4.69) is 4.90 Å². The van der Waals surface area contributed by atoms with Gasteiger partial charge in [-0.3, -0.25) is 0 Å². The summed E-state index contributed by atoms with van der Waals surface area (Å²) in [5, 5.41) is 1.42. The number of rotatable bonds is 1. The van der Waals surface area contributed by atoms with E-state index in [4.69, 9.17) is 0 Å². The fraction of sp³-hybridized carbons (Fsp3) is 0.667. The minimum absolute atomic E-state index is 0.318. The zero-order chi connectivity index (χ0) is 7.19. The van der Waals surface area contributed by atoms with E-state index in [1.54, 1.807) is 0 Å². The molecule has 0 aromatic carbocycles. The maximum Gasteiger partial charge on any atom is 0.173 e. The third kappa shape index (κ3) is 1.03. The van der Waals surface area contributed by atoms with Crippen molar-refractivity contribution >= 4 is 9.84 Å². The summed E-state index contributed by atoms with van der Waals surface area (Å²) in [4.78, 5) is 2.09. The Bertz CT molecular complexity index is 274. The zero-order valence-electron chi connectivity index (χ0n) is 5.58. The van der Waals surface area contributed by atoms with Gasteiger partial charge >= 0.3 is 0 Å². The molecule has 2 rings (SSSR count). The van der Waals surface area contributed by atoms with Gasteiger partial charge in [-0.15, -0.1) is 0 Å². The van der Waals surface area contributed by atoms with Crippen molar-refractivity contribution in [3.63, 3.8) is 0 Å². The summed E-state index contributed by atoms with van der Waals surface area (Å²) < 4.78 is 21.7. The number of hydrogen-bond donors (Lipinski definition) is 0. The van der Waals surface area contributed by atoms with Gasteiger partial charge in [0.05, 0.1) is 5.75 Å². The molecule has 0 spiro atoms. The Morgan fingerprint density at radius 3 is 2.50 bits per heavy atom. The van der Waals surface area contributed by atoms with Gasteiger partial charge < -0.3 is 4.90 Å². The highest BCUT2D eigenvalue weighted by Gasteiger charge is 2.27. The molecule has 0 radical (unpaired) electrons. The van der Waals surface area contributed by atoms with Crippen LogP contribution in [0.5, 0.6) is 0 Å². The Morgan fingerprint density at radius 2 is 2.10 bits per heavy atom. The van der Waals surface area contributed by atoms with E-state index in [-0.39, 0.29) is 0 Å². The molecule has 10 heavy (non-hydrogen) atoms. The Balaban J connectivity index is 2.25. The van der Waals surface area contributed by atoms with Crippen molar-refractivity contribution in [1.29, 1.82) is 0 Å². The van der Waals surface area contributed by atoms with Crippen LogP contribution in [0.3, 0.4) is 0 Å². The van der Waals surface area contributed by atoms with E-state index in [9.17, 15) is 8.42 Å². The van der Waals surface area contributed by atoms with Crippen LogP contribution >= 0.6 is 0 Å². The Kier molecular flexibility index (Phi) is 1.09. The number of sulfone groups is 1. The number of allylic oxidation sites excluding steroid dienone is 1. The SMILES string of the molecule is O=S1(=O)C=C(N2CC2)CC1. The van der Waals surface area contributed by atoms with Crippen LogP contribution in [0.1, 0.15) is 6.42 Å². The molecule has 0 N–H and O–H groups in total. The van der Waals surface area contributed by atoms with Crippen molar-refractivity contribution in [2.24, 2.45) is 0 Å². The van der Waals surface area contributed by atoms with Gasteiger partial charge in [-0.1, -0.05) is 0 Å². The van der Waals surface area contributed by atoms with Crippen LogP contribution in [0.4, 0.5) is 0 Å². The molecule has 0 aliphatic carbocycles. The second kappa shape index (κ2) is 1.75. The van der Waals surface area contributed by atoms with E-state index >= 15 is 0 Å². The van der Waals surface area contributed by atoms with Gasteiger partial charge in [-0.25, -0.2) is 8.42 Å². The van der Waals surface area contributed by atoms with Crippen LogP contribution in [-0.4, -0.2) is 32.2 Å². The van der Waals surface area contributed by atoms with Crippen molar-refractivity contribution < 1.29 is 8.42 Å². The van der Waals surface area contributed by atoms with Gasteiger partial charge in [-0.05, 0) is 0 Å². The van der Waals surface area contributed by atoms with Crippen molar-refractivity contribution in [2.45, 2.75) is 6.42 Å². The molecule has 1 saturated heterocycles. The lowest BCUT2D eigenvalue weighted by Crippen LogP contribution is -1.94. The monoisotopic (exact) mass is 159 g/mol. The second-order valence-corrected chi connectivity index (χ2v) is 4.68. The van der Waals surface area contributed by atoms with Crippen molar-refractivity contribution in [3.05, 3.63) is 11.1 Å². The normalized spacial score (nSPS) is 28.4. The van der Waals surface area contributed by atoms with E-state index in [1.807, 2.05) is 0 Å². The van der Waals surface area contributed by atoms with E-state index in [0.29, 0.717) is 5.75 Å². The van der Waals surface area contributed by atoms with Crippen LogP contribution in [-0.2, 0) is 9.84 Å². The zero-order valence-corrected chi connectivity index (χ0v) is 6.39. The molecule has 0 atom stereocenters. The summed E-state index contributed by atoms with van der Waals surface area (Å²) in [6.07, 6.45) is 0.725. The molecule has 0 saturated carbocycles. The van der Waals surface area contributed by atoms with Crippen LogP contribution in [0.25, 0.3) is 0 Å². The lowest BCUT2D eigenvalue weighted by atomic mass is 10.4. The van der Waals surface area contributed by atoms with E-state index in [0.717, 1.165) is 25.2 Å². The maximum absolute atomic E-state index is 10.9. The molecule has 0 aromatic heterocycles. The molecule has 4 heteroatoms. The predicted molar refractivity (Wildman–Crippen MR) is 38.1 cm³/mol. The molecule has 2 aliphatic rings. The minimum Gasteiger partial charge on any atom is -0.371 e. The highest BCUT2D eigenvalue weighted by molar-refractivity contribution is 7.94. The summed E-state index contributed by atoms with van der Waals surface area (Å²) >= 11 is 0. The molecule has 2 aliphatic heterocycles. The smallest absolute Gasteiger partial charge is 0.173 e. The van der Waals surface area contributed by atoms with E-state index in [1.165, 1.54) is 5.41 Å². The first kappa shape index (κ1) is 6.22. The van der Waals surface area contributed by atoms with Crippen molar-refractivity contribution in [1.82, 2.24) is 4.90 Å². The van der Waals surface area contributed by atoms with Crippen molar-refractivity contribution in [2.75, 3.05) is 18.8 Å². The topological polar surface area (TPSA) is 37.1 Å². The van der Waals surface area contributed by atoms with Crippen LogP contribution < -0.4 is 0 Å². The van der Waals surface area contributed by atoms with Crippen LogP contribution in [0.2, 0.25) is 0 Å². The van der Waals surface area contributed by atoms with Crippen molar-refractivity contribution in [3.8, 4) is 0 Å². The van der Waals surface area contributed by atoms with Gasteiger partial charge in [0.1, 0.15) is 0 Å². The minimum atomic E-state index is -2.80. The first-order valence-corrected chi connectivity index (χ1v) is 5.07. The molecule has 0 bridgehead atoms. The lowest BCUT2D eigenvalue weighted by Gasteiger charge is -1.97. The second-order valence-electron chi connectivity index (χ2n) is 2.71. The number of hydrogen-bond acceptors (Lipinski definition) is 3. The summed E-state index contributed by atoms with van der Waals surface area (Å²) in [6, 6.07) is 0. The average Bonchev–Trinajstić information content (AvgIpc) is 2.59. The lowest BCUT2D eigenvalue weighted by molar-refractivity contribution is 0.606. The molecular formula is C6H9NO2S. The number of nitrogens with zero attached hydrogens (tertiary/aromatic N) is 1. The molecule has 0 aromatic rings. The first-order valence-electron chi connectivity index (χ1n) is 3.36. The fourth-order valence-electron chi connectivity index (χ4n) is 1.14. The van der Waals surface area contributed by atoms with Gasteiger partial charge in [0.25, 0.3) is 0 Å². The molecule has 3 nitrogen and oxygen atoms in total. The van der Waals surface area contributed by atoms with Crippen LogP contribution in [0.15, 0.2) is 11.1 Å². The largest absolute Gasteiger partial charge is 0.371 e. The van der Waals surface area contributed by atoms with Gasteiger partial charge in [0.15, 0.2) is 9.84 Å². The molecule has 0 amide bonds. The highest BCUT2D eigenvalue weighted by Crippen LogP contribution is 2.24. The molecule has 56 valence electrons. The predicted octanol–water partition coefficient (Wildman–Crippen LogP) is -0.0381. The molecule has 2 heterocycles. The quantitative estimate of drug-likeness (QED) is 0.504. The summed E-state index contributed by atoms with van der Waals surface area (Å²) in [5.41, 5.74) is 1.01. The third-order valence-corrected chi connectivity index (χ3v) is 3.22. The summed E-state index contributed by atoms with van der Waals surface area (Å²) in [6.45, 7) is 2.09. The first-order chi connectivity index (χ1) is 4.67.